The number of hydrogen-bond acceptors (Lipinski definition) is 1. The number of rotatable bonds is 8. The zero-order valence-electron chi connectivity index (χ0n) is 11.3. The van der Waals surface area contributed by atoms with Gasteiger partial charge in [-0.2, -0.15) is 0 Å². The van der Waals surface area contributed by atoms with E-state index in [1.54, 1.807) is 0 Å². The molecule has 0 aliphatic rings. The van der Waals surface area contributed by atoms with Crippen LogP contribution in [0.25, 0.3) is 0 Å². The summed E-state index contributed by atoms with van der Waals surface area (Å²) < 4.78 is 0. The summed E-state index contributed by atoms with van der Waals surface area (Å²) >= 11 is 0. The van der Waals surface area contributed by atoms with Gasteiger partial charge < -0.3 is 4.90 Å². The lowest BCUT2D eigenvalue weighted by Crippen LogP contribution is -2.26. The number of allylic oxidation sites excluding steroid dienone is 1. The molecular weight excluding hydrogens is 182 g/mol. The predicted octanol–water partition coefficient (Wildman–Crippen LogP) is 4.30. The first-order valence-corrected chi connectivity index (χ1v) is 6.42. The molecule has 0 spiro atoms. The van der Waals surface area contributed by atoms with Gasteiger partial charge in [-0.15, -0.1) is 0 Å². The Labute approximate surface area is 96.6 Å². The minimum absolute atomic E-state index is 0.568. The number of nitrogens with zero attached hydrogens (tertiary/aromatic N) is 1. The van der Waals surface area contributed by atoms with Crippen molar-refractivity contribution in [2.24, 2.45) is 11.8 Å². The molecule has 0 aliphatic heterocycles. The van der Waals surface area contributed by atoms with E-state index in [4.69, 9.17) is 0 Å². The standard InChI is InChI=1S/C14H29N/c1-7-9-10-14(8-2)11-15(6)13(5)12(3)4/h12,14H,5,7-11H2,1-4,6H3. The summed E-state index contributed by atoms with van der Waals surface area (Å²) in [7, 11) is 2.18. The van der Waals surface area contributed by atoms with Gasteiger partial charge in [0.1, 0.15) is 0 Å². The van der Waals surface area contributed by atoms with Crippen molar-refractivity contribution in [2.75, 3.05) is 13.6 Å². The van der Waals surface area contributed by atoms with Gasteiger partial charge in [-0.3, -0.25) is 0 Å². The lowest BCUT2D eigenvalue weighted by atomic mass is 9.98. The Hall–Kier alpha value is -0.460. The minimum atomic E-state index is 0.568. The third kappa shape index (κ3) is 5.86. The quantitative estimate of drug-likeness (QED) is 0.578. The summed E-state index contributed by atoms with van der Waals surface area (Å²) in [5, 5.41) is 0. The average Bonchev–Trinajstić information content (AvgIpc) is 2.22. The SMILES string of the molecule is C=C(C(C)C)N(C)CC(CC)CCCC. The highest BCUT2D eigenvalue weighted by atomic mass is 15.1. The van der Waals surface area contributed by atoms with Crippen molar-refractivity contribution >= 4 is 0 Å². The van der Waals surface area contributed by atoms with Crippen molar-refractivity contribution in [3.05, 3.63) is 12.3 Å². The molecule has 0 N–H and O–H groups in total. The molecule has 1 heteroatoms. The van der Waals surface area contributed by atoms with Crippen LogP contribution in [0.3, 0.4) is 0 Å². The lowest BCUT2D eigenvalue weighted by molar-refractivity contribution is 0.289. The van der Waals surface area contributed by atoms with E-state index in [9.17, 15) is 0 Å². The second-order valence-electron chi connectivity index (χ2n) is 4.94. The fourth-order valence-corrected chi connectivity index (χ4v) is 1.86. The molecule has 1 unspecified atom stereocenters. The first kappa shape index (κ1) is 14.5. The Kier molecular flexibility index (Phi) is 7.54. The Morgan fingerprint density at radius 3 is 2.27 bits per heavy atom. The fraction of sp³-hybridized carbons (Fsp3) is 0.857. The largest absolute Gasteiger partial charge is 0.378 e. The van der Waals surface area contributed by atoms with Crippen molar-refractivity contribution in [3.63, 3.8) is 0 Å². The Balaban J connectivity index is 4.00. The van der Waals surface area contributed by atoms with E-state index < -0.39 is 0 Å². The van der Waals surface area contributed by atoms with Crippen molar-refractivity contribution < 1.29 is 0 Å². The van der Waals surface area contributed by atoms with Crippen LogP contribution in [0.5, 0.6) is 0 Å². The van der Waals surface area contributed by atoms with Crippen LogP contribution in [0.1, 0.15) is 53.4 Å². The summed E-state index contributed by atoms with van der Waals surface area (Å²) in [6.45, 7) is 14.3. The molecule has 0 saturated carbocycles. The van der Waals surface area contributed by atoms with Crippen LogP contribution in [0.4, 0.5) is 0 Å². The minimum Gasteiger partial charge on any atom is -0.378 e. The number of hydrogen-bond donors (Lipinski definition) is 0. The van der Waals surface area contributed by atoms with E-state index in [-0.39, 0.29) is 0 Å². The molecule has 0 saturated heterocycles. The first-order chi connectivity index (χ1) is 7.02. The van der Waals surface area contributed by atoms with Crippen molar-refractivity contribution in [3.8, 4) is 0 Å². The van der Waals surface area contributed by atoms with Gasteiger partial charge in [-0.1, -0.05) is 53.5 Å². The van der Waals surface area contributed by atoms with Crippen LogP contribution in [0.2, 0.25) is 0 Å². The third-order valence-electron chi connectivity index (χ3n) is 3.23. The monoisotopic (exact) mass is 211 g/mol. The van der Waals surface area contributed by atoms with Crippen LogP contribution in [0.15, 0.2) is 12.3 Å². The van der Waals surface area contributed by atoms with Gasteiger partial charge in [0.25, 0.3) is 0 Å². The molecule has 90 valence electrons. The molecule has 0 aromatic rings. The van der Waals surface area contributed by atoms with Crippen molar-refractivity contribution in [2.45, 2.75) is 53.4 Å². The number of unbranched alkanes of at least 4 members (excludes halogenated alkanes) is 1. The molecule has 0 bridgehead atoms. The molecule has 0 aromatic heterocycles. The highest BCUT2D eigenvalue weighted by Gasteiger charge is 2.12. The molecule has 0 fully saturated rings. The van der Waals surface area contributed by atoms with Crippen LogP contribution < -0.4 is 0 Å². The maximum atomic E-state index is 4.15. The molecule has 0 aromatic carbocycles. The topological polar surface area (TPSA) is 3.24 Å². The Morgan fingerprint density at radius 2 is 1.87 bits per heavy atom. The smallest absolute Gasteiger partial charge is 0.0199 e. The van der Waals surface area contributed by atoms with Crippen LogP contribution in [0, 0.1) is 11.8 Å². The van der Waals surface area contributed by atoms with E-state index in [0.717, 1.165) is 5.92 Å². The average molecular weight is 211 g/mol. The van der Waals surface area contributed by atoms with E-state index >= 15 is 0 Å². The van der Waals surface area contributed by atoms with Gasteiger partial charge in [0, 0.05) is 19.3 Å². The Morgan fingerprint density at radius 1 is 1.27 bits per heavy atom. The molecule has 0 aliphatic carbocycles. The first-order valence-electron chi connectivity index (χ1n) is 6.42. The molecule has 0 rings (SSSR count). The van der Waals surface area contributed by atoms with Crippen LogP contribution in [-0.4, -0.2) is 18.5 Å². The summed E-state index contributed by atoms with van der Waals surface area (Å²) in [5.74, 6) is 1.41. The highest BCUT2D eigenvalue weighted by molar-refractivity contribution is 4.95. The zero-order chi connectivity index (χ0) is 11.8. The molecular formula is C14H29N. The summed E-state index contributed by atoms with van der Waals surface area (Å²) in [6, 6.07) is 0. The molecule has 1 atom stereocenters. The van der Waals surface area contributed by atoms with Gasteiger partial charge in [0.2, 0.25) is 0 Å². The van der Waals surface area contributed by atoms with Gasteiger partial charge in [-0.05, 0) is 18.3 Å². The fourth-order valence-electron chi connectivity index (χ4n) is 1.86. The molecule has 0 heterocycles. The van der Waals surface area contributed by atoms with Gasteiger partial charge >= 0.3 is 0 Å². The van der Waals surface area contributed by atoms with Gasteiger partial charge in [0.05, 0.1) is 0 Å². The maximum absolute atomic E-state index is 4.15. The highest BCUT2D eigenvalue weighted by Crippen LogP contribution is 2.18. The van der Waals surface area contributed by atoms with Crippen LogP contribution in [-0.2, 0) is 0 Å². The molecule has 0 radical (unpaired) electrons. The van der Waals surface area contributed by atoms with E-state index in [1.807, 2.05) is 0 Å². The van der Waals surface area contributed by atoms with Crippen LogP contribution >= 0.6 is 0 Å². The summed E-state index contributed by atoms with van der Waals surface area (Å²) in [4.78, 5) is 2.34. The third-order valence-corrected chi connectivity index (χ3v) is 3.23. The normalized spacial score (nSPS) is 12.9. The van der Waals surface area contributed by atoms with E-state index in [1.165, 1.54) is 37.9 Å². The predicted molar refractivity (Wildman–Crippen MR) is 69.9 cm³/mol. The van der Waals surface area contributed by atoms with Crippen molar-refractivity contribution in [1.82, 2.24) is 4.90 Å². The van der Waals surface area contributed by atoms with Gasteiger partial charge in [-0.25, -0.2) is 0 Å². The van der Waals surface area contributed by atoms with E-state index in [0.29, 0.717) is 5.92 Å². The lowest BCUT2D eigenvalue weighted by Gasteiger charge is -2.28. The van der Waals surface area contributed by atoms with E-state index in [2.05, 4.69) is 46.2 Å². The second-order valence-corrected chi connectivity index (χ2v) is 4.94. The zero-order valence-corrected chi connectivity index (χ0v) is 11.3. The van der Waals surface area contributed by atoms with Crippen molar-refractivity contribution in [1.29, 1.82) is 0 Å². The maximum Gasteiger partial charge on any atom is 0.0199 e. The molecule has 1 nitrogen and oxygen atoms in total. The molecule has 0 amide bonds. The van der Waals surface area contributed by atoms with Gasteiger partial charge in [0.15, 0.2) is 0 Å². The summed E-state index contributed by atoms with van der Waals surface area (Å²) in [6.07, 6.45) is 5.32. The second kappa shape index (κ2) is 7.78. The summed E-state index contributed by atoms with van der Waals surface area (Å²) in [5.41, 5.74) is 1.27. The Bertz CT molecular complexity index is 172. The molecule has 15 heavy (non-hydrogen) atoms.